The van der Waals surface area contributed by atoms with Crippen molar-refractivity contribution in [2.24, 2.45) is 0 Å². The van der Waals surface area contributed by atoms with E-state index in [9.17, 15) is 9.59 Å². The van der Waals surface area contributed by atoms with Gasteiger partial charge in [-0.3, -0.25) is 4.79 Å². The van der Waals surface area contributed by atoms with Crippen molar-refractivity contribution in [3.05, 3.63) is 59.7 Å². The normalized spacial score (nSPS) is 13.6. The minimum Gasteiger partial charge on any atom is -0.486 e. The van der Waals surface area contributed by atoms with Gasteiger partial charge in [0, 0.05) is 13.6 Å². The Kier molecular flexibility index (Phi) is 5.41. The number of amides is 1. The molecule has 0 N–H and O–H groups in total. The Balaban J connectivity index is 1.60. The van der Waals surface area contributed by atoms with Crippen molar-refractivity contribution in [1.82, 2.24) is 4.90 Å². The number of hydrogen-bond acceptors (Lipinski definition) is 5. The van der Waals surface area contributed by atoms with Crippen LogP contribution in [0.5, 0.6) is 11.5 Å². The van der Waals surface area contributed by atoms with E-state index in [1.807, 2.05) is 30.3 Å². The van der Waals surface area contributed by atoms with Gasteiger partial charge in [-0.15, -0.1) is 0 Å². The summed E-state index contributed by atoms with van der Waals surface area (Å²) in [6, 6.07) is 14.5. The molecule has 6 heteroatoms. The van der Waals surface area contributed by atoms with Crippen LogP contribution < -0.4 is 9.47 Å². The van der Waals surface area contributed by atoms with Crippen molar-refractivity contribution in [2.75, 3.05) is 20.3 Å². The van der Waals surface area contributed by atoms with Crippen LogP contribution in [0.25, 0.3) is 0 Å². The highest BCUT2D eigenvalue weighted by Gasteiger charge is 2.23. The molecule has 0 saturated carbocycles. The van der Waals surface area contributed by atoms with Crippen LogP contribution in [0.2, 0.25) is 0 Å². The van der Waals surface area contributed by atoms with Gasteiger partial charge >= 0.3 is 5.97 Å². The third-order valence-electron chi connectivity index (χ3n) is 4.05. The fourth-order valence-corrected chi connectivity index (χ4v) is 2.69. The zero-order chi connectivity index (χ0) is 18.5. The van der Waals surface area contributed by atoms with Gasteiger partial charge in [0.2, 0.25) is 0 Å². The molecule has 0 bridgehead atoms. The molecule has 26 heavy (non-hydrogen) atoms. The Labute approximate surface area is 152 Å². The molecule has 0 aliphatic carbocycles. The zero-order valence-electron chi connectivity index (χ0n) is 14.8. The Morgan fingerprint density at radius 2 is 1.77 bits per heavy atom. The second kappa shape index (κ2) is 7.91. The number of carbonyl (C=O) groups excluding carboxylic acids is 2. The number of hydrogen-bond donors (Lipinski definition) is 0. The van der Waals surface area contributed by atoms with Crippen LogP contribution in [0.3, 0.4) is 0 Å². The maximum atomic E-state index is 12.5. The molecule has 2 aromatic carbocycles. The summed E-state index contributed by atoms with van der Waals surface area (Å²) in [4.78, 5) is 26.3. The van der Waals surface area contributed by atoms with Gasteiger partial charge in [-0.05, 0) is 30.7 Å². The first-order chi connectivity index (χ1) is 12.5. The average molecular weight is 355 g/mol. The quantitative estimate of drug-likeness (QED) is 0.772. The summed E-state index contributed by atoms with van der Waals surface area (Å²) in [5, 5.41) is 0. The largest absolute Gasteiger partial charge is 0.486 e. The van der Waals surface area contributed by atoms with Crippen LogP contribution in [0, 0.1) is 0 Å². The highest BCUT2D eigenvalue weighted by atomic mass is 16.6. The van der Waals surface area contributed by atoms with E-state index in [1.165, 1.54) is 4.90 Å². The van der Waals surface area contributed by atoms with E-state index in [4.69, 9.17) is 14.2 Å². The van der Waals surface area contributed by atoms with E-state index in [0.717, 1.165) is 5.56 Å². The third kappa shape index (κ3) is 4.14. The summed E-state index contributed by atoms with van der Waals surface area (Å²) in [7, 11) is 1.68. The smallest absolute Gasteiger partial charge is 0.339 e. The number of esters is 1. The molecule has 0 radical (unpaired) electrons. The number of nitrogens with zero attached hydrogens (tertiary/aromatic N) is 1. The molecule has 0 saturated heterocycles. The lowest BCUT2D eigenvalue weighted by molar-refractivity contribution is -0.139. The molecule has 0 fully saturated rings. The summed E-state index contributed by atoms with van der Waals surface area (Å²) >= 11 is 0. The van der Waals surface area contributed by atoms with Gasteiger partial charge in [0.1, 0.15) is 13.2 Å². The standard InChI is InChI=1S/C20H21NO5/c1-14(19(22)21(2)13-15-6-4-3-5-7-15)26-20(23)16-8-9-17-18(12-16)25-11-10-24-17/h3-9,12,14H,10-11,13H2,1-2H3/t14-/m1/s1. The highest BCUT2D eigenvalue weighted by Crippen LogP contribution is 2.31. The van der Waals surface area contributed by atoms with E-state index >= 15 is 0 Å². The first-order valence-corrected chi connectivity index (χ1v) is 8.44. The zero-order valence-corrected chi connectivity index (χ0v) is 14.8. The minimum atomic E-state index is -0.885. The van der Waals surface area contributed by atoms with Gasteiger partial charge in [0.25, 0.3) is 5.91 Å². The second-order valence-corrected chi connectivity index (χ2v) is 6.09. The molecule has 0 spiro atoms. The maximum absolute atomic E-state index is 12.5. The lowest BCUT2D eigenvalue weighted by atomic mass is 10.2. The number of likely N-dealkylation sites (N-methyl/N-ethyl adjacent to an activating group) is 1. The summed E-state index contributed by atoms with van der Waals surface area (Å²) in [6.45, 7) is 2.94. The second-order valence-electron chi connectivity index (χ2n) is 6.09. The van der Waals surface area contributed by atoms with E-state index in [1.54, 1.807) is 32.2 Å². The molecule has 0 unspecified atom stereocenters. The predicted molar refractivity (Wildman–Crippen MR) is 95.2 cm³/mol. The third-order valence-corrected chi connectivity index (χ3v) is 4.05. The van der Waals surface area contributed by atoms with Crippen LogP contribution in [0.15, 0.2) is 48.5 Å². The molecule has 1 aliphatic rings. The number of benzene rings is 2. The lowest BCUT2D eigenvalue weighted by Gasteiger charge is -2.22. The number of ether oxygens (including phenoxy) is 3. The van der Waals surface area contributed by atoms with Crippen LogP contribution in [-0.4, -0.2) is 43.1 Å². The summed E-state index contributed by atoms with van der Waals surface area (Å²) in [5.41, 5.74) is 1.33. The Morgan fingerprint density at radius 3 is 2.50 bits per heavy atom. The SMILES string of the molecule is C[C@@H](OC(=O)c1ccc2c(c1)OCCO2)C(=O)N(C)Cc1ccccc1. The average Bonchev–Trinajstić information content (AvgIpc) is 2.67. The molecule has 1 aliphatic heterocycles. The molecule has 3 rings (SSSR count). The minimum absolute atomic E-state index is 0.264. The fourth-order valence-electron chi connectivity index (χ4n) is 2.69. The van der Waals surface area contributed by atoms with Gasteiger partial charge < -0.3 is 19.1 Å². The molecule has 1 atom stereocenters. The van der Waals surface area contributed by atoms with Gasteiger partial charge in [-0.25, -0.2) is 4.79 Å². The van der Waals surface area contributed by atoms with Crippen molar-refractivity contribution in [3.8, 4) is 11.5 Å². The van der Waals surface area contributed by atoms with Crippen molar-refractivity contribution in [2.45, 2.75) is 19.6 Å². The molecule has 1 amide bonds. The number of carbonyl (C=O) groups is 2. The molecule has 2 aromatic rings. The van der Waals surface area contributed by atoms with Crippen LogP contribution in [0.4, 0.5) is 0 Å². The molecular weight excluding hydrogens is 334 g/mol. The molecule has 0 aromatic heterocycles. The van der Waals surface area contributed by atoms with Crippen molar-refractivity contribution >= 4 is 11.9 Å². The van der Waals surface area contributed by atoms with Crippen molar-refractivity contribution in [3.63, 3.8) is 0 Å². The maximum Gasteiger partial charge on any atom is 0.339 e. The predicted octanol–water partition coefficient (Wildman–Crippen LogP) is 2.66. The fraction of sp³-hybridized carbons (Fsp3) is 0.300. The van der Waals surface area contributed by atoms with E-state index in [2.05, 4.69) is 0 Å². The van der Waals surface area contributed by atoms with Gasteiger partial charge in [-0.2, -0.15) is 0 Å². The molecule has 136 valence electrons. The molecule has 1 heterocycles. The number of fused-ring (bicyclic) bond motifs is 1. The van der Waals surface area contributed by atoms with Crippen molar-refractivity contribution < 1.29 is 23.8 Å². The molecule has 6 nitrogen and oxygen atoms in total. The highest BCUT2D eigenvalue weighted by molar-refractivity contribution is 5.92. The van der Waals surface area contributed by atoms with E-state index in [0.29, 0.717) is 36.8 Å². The Morgan fingerprint density at radius 1 is 1.08 bits per heavy atom. The van der Waals surface area contributed by atoms with Crippen LogP contribution in [0.1, 0.15) is 22.8 Å². The topological polar surface area (TPSA) is 65.1 Å². The number of rotatable bonds is 5. The monoisotopic (exact) mass is 355 g/mol. The summed E-state index contributed by atoms with van der Waals surface area (Å²) < 4.78 is 16.2. The van der Waals surface area contributed by atoms with E-state index < -0.39 is 12.1 Å². The Hall–Kier alpha value is -3.02. The Bertz CT molecular complexity index is 790. The van der Waals surface area contributed by atoms with Crippen LogP contribution in [-0.2, 0) is 16.1 Å². The van der Waals surface area contributed by atoms with Gasteiger partial charge in [0.15, 0.2) is 17.6 Å². The van der Waals surface area contributed by atoms with Crippen LogP contribution >= 0.6 is 0 Å². The lowest BCUT2D eigenvalue weighted by Crippen LogP contribution is -2.37. The van der Waals surface area contributed by atoms with Crippen molar-refractivity contribution in [1.29, 1.82) is 0 Å². The summed E-state index contributed by atoms with van der Waals surface area (Å²) in [5.74, 6) is 0.265. The first-order valence-electron chi connectivity index (χ1n) is 8.44. The van der Waals surface area contributed by atoms with E-state index in [-0.39, 0.29) is 5.91 Å². The molecular formula is C20H21NO5. The van der Waals surface area contributed by atoms with Gasteiger partial charge in [0.05, 0.1) is 5.56 Å². The van der Waals surface area contributed by atoms with Gasteiger partial charge in [-0.1, -0.05) is 30.3 Å². The first kappa shape index (κ1) is 17.8. The summed E-state index contributed by atoms with van der Waals surface area (Å²) in [6.07, 6.45) is -0.885.